The third-order valence-electron chi connectivity index (χ3n) is 4.64. The van der Waals surface area contributed by atoms with Crippen molar-refractivity contribution >= 4 is 0 Å². The van der Waals surface area contributed by atoms with Crippen LogP contribution in [0, 0.1) is 45.8 Å². The molecule has 2 heteroatoms. The van der Waals surface area contributed by atoms with E-state index in [2.05, 4.69) is 39.8 Å². The van der Waals surface area contributed by atoms with Crippen LogP contribution >= 0.6 is 0 Å². The average molecular weight is 234 g/mol. The van der Waals surface area contributed by atoms with Crippen LogP contribution in [0.1, 0.15) is 60.3 Å². The van der Waals surface area contributed by atoms with Crippen molar-refractivity contribution in [3.63, 3.8) is 0 Å². The lowest BCUT2D eigenvalue weighted by Crippen LogP contribution is -2.31. The van der Waals surface area contributed by atoms with E-state index in [9.17, 15) is 10.5 Å². The fourth-order valence-corrected chi connectivity index (χ4v) is 2.56. The molecule has 0 spiro atoms. The third kappa shape index (κ3) is 3.74. The molecule has 0 amide bonds. The minimum absolute atomic E-state index is 0.0125. The van der Waals surface area contributed by atoms with E-state index < -0.39 is 0 Å². The third-order valence-corrected chi connectivity index (χ3v) is 4.64. The Morgan fingerprint density at radius 1 is 1.00 bits per heavy atom. The molecule has 0 radical (unpaired) electrons. The first kappa shape index (κ1) is 16.0. The molecule has 0 saturated heterocycles. The first-order chi connectivity index (χ1) is 8.01. The topological polar surface area (TPSA) is 47.6 Å². The molecule has 0 fully saturated rings. The van der Waals surface area contributed by atoms with Gasteiger partial charge in [-0.2, -0.15) is 10.5 Å². The number of hydrogen-bond acceptors (Lipinski definition) is 2. The largest absolute Gasteiger partial charge is 0.198 e. The summed E-state index contributed by atoms with van der Waals surface area (Å²) in [5.41, 5.74) is 0.0125. The molecule has 2 nitrogen and oxygen atoms in total. The summed E-state index contributed by atoms with van der Waals surface area (Å²) >= 11 is 0. The molecule has 0 saturated carbocycles. The van der Waals surface area contributed by atoms with Gasteiger partial charge in [0.25, 0.3) is 0 Å². The van der Waals surface area contributed by atoms with Gasteiger partial charge in [-0.15, -0.1) is 0 Å². The van der Waals surface area contributed by atoms with Gasteiger partial charge >= 0.3 is 0 Å². The lowest BCUT2D eigenvalue weighted by molar-refractivity contribution is 0.141. The van der Waals surface area contributed by atoms with Gasteiger partial charge in [-0.05, 0) is 37.5 Å². The second-order valence-corrected chi connectivity index (χ2v) is 5.25. The molecule has 0 rings (SSSR count). The Balaban J connectivity index is 4.99. The highest BCUT2D eigenvalue weighted by Gasteiger charge is 2.36. The molecular formula is C15H26N2. The van der Waals surface area contributed by atoms with Crippen molar-refractivity contribution in [2.24, 2.45) is 23.2 Å². The number of nitrogens with zero attached hydrogens (tertiary/aromatic N) is 2. The molecule has 17 heavy (non-hydrogen) atoms. The molecule has 3 atom stereocenters. The van der Waals surface area contributed by atoms with E-state index in [1.54, 1.807) is 0 Å². The van der Waals surface area contributed by atoms with Crippen molar-refractivity contribution < 1.29 is 0 Å². The quantitative estimate of drug-likeness (QED) is 0.649. The Labute approximate surface area is 107 Å². The summed E-state index contributed by atoms with van der Waals surface area (Å²) in [7, 11) is 0. The van der Waals surface area contributed by atoms with Crippen LogP contribution in [-0.2, 0) is 0 Å². The minimum Gasteiger partial charge on any atom is -0.198 e. The molecule has 96 valence electrons. The first-order valence-corrected chi connectivity index (χ1v) is 6.80. The summed E-state index contributed by atoms with van der Waals surface area (Å²) < 4.78 is 0. The first-order valence-electron chi connectivity index (χ1n) is 6.80. The van der Waals surface area contributed by atoms with E-state index in [-0.39, 0.29) is 17.3 Å². The molecule has 0 bridgehead atoms. The Morgan fingerprint density at radius 2 is 1.53 bits per heavy atom. The molecule has 0 aromatic carbocycles. The summed E-state index contributed by atoms with van der Waals surface area (Å²) in [4.78, 5) is 0. The van der Waals surface area contributed by atoms with E-state index in [4.69, 9.17) is 0 Å². The van der Waals surface area contributed by atoms with E-state index >= 15 is 0 Å². The highest BCUT2D eigenvalue weighted by Crippen LogP contribution is 2.42. The maximum atomic E-state index is 9.30. The van der Waals surface area contributed by atoms with Crippen LogP contribution in [-0.4, -0.2) is 0 Å². The fraction of sp³-hybridized carbons (Fsp3) is 0.867. The molecule has 0 aromatic heterocycles. The molecule has 0 aliphatic heterocycles. The zero-order valence-corrected chi connectivity index (χ0v) is 12.0. The maximum Gasteiger partial charge on any atom is 0.0658 e. The fourth-order valence-electron chi connectivity index (χ4n) is 2.56. The van der Waals surface area contributed by atoms with Crippen LogP contribution < -0.4 is 0 Å². The van der Waals surface area contributed by atoms with Gasteiger partial charge in [0, 0.05) is 11.8 Å². The second-order valence-electron chi connectivity index (χ2n) is 5.25. The van der Waals surface area contributed by atoms with Gasteiger partial charge < -0.3 is 0 Å². The van der Waals surface area contributed by atoms with Gasteiger partial charge in [-0.1, -0.05) is 34.1 Å². The molecule has 0 N–H and O–H groups in total. The summed E-state index contributed by atoms with van der Waals surface area (Å²) in [6.07, 6.45) is 3.85. The minimum atomic E-state index is 0.0125. The van der Waals surface area contributed by atoms with Crippen molar-refractivity contribution in [3.8, 4) is 12.1 Å². The lowest BCUT2D eigenvalue weighted by atomic mass is 9.66. The monoisotopic (exact) mass is 234 g/mol. The molecular weight excluding hydrogens is 208 g/mol. The zero-order valence-electron chi connectivity index (χ0n) is 12.0. The Morgan fingerprint density at radius 3 is 1.82 bits per heavy atom. The SMILES string of the molecule is CCC(C)C(C#N)CC(CC)(CC)C(C)C#N. The standard InChI is InChI=1S/C15H26N2/c1-6-12(4)14(11-17)9-15(7-2,8-3)13(5)10-16/h12-14H,6-9H2,1-5H3. The van der Waals surface area contributed by atoms with Crippen LogP contribution in [0.25, 0.3) is 0 Å². The maximum absolute atomic E-state index is 9.30. The summed E-state index contributed by atoms with van der Waals surface area (Å²) in [5, 5.41) is 18.5. The summed E-state index contributed by atoms with van der Waals surface area (Å²) in [5.74, 6) is 0.525. The van der Waals surface area contributed by atoms with Gasteiger partial charge in [0.15, 0.2) is 0 Å². The molecule has 3 unspecified atom stereocenters. The Kier molecular flexibility index (Phi) is 6.89. The molecule has 0 aliphatic rings. The number of nitriles is 2. The van der Waals surface area contributed by atoms with Gasteiger partial charge in [0.2, 0.25) is 0 Å². The Hall–Kier alpha value is -1.02. The average Bonchev–Trinajstić information content (AvgIpc) is 2.39. The molecule has 0 aliphatic carbocycles. The van der Waals surface area contributed by atoms with Gasteiger partial charge in [0.05, 0.1) is 12.1 Å². The van der Waals surface area contributed by atoms with Gasteiger partial charge in [-0.25, -0.2) is 0 Å². The molecule has 0 heterocycles. The van der Waals surface area contributed by atoms with Gasteiger partial charge in [-0.3, -0.25) is 0 Å². The van der Waals surface area contributed by atoms with E-state index in [1.807, 2.05) is 6.92 Å². The lowest BCUT2D eigenvalue weighted by Gasteiger charge is -2.37. The summed E-state index contributed by atoms with van der Waals surface area (Å²) in [6, 6.07) is 4.83. The van der Waals surface area contributed by atoms with Gasteiger partial charge in [0.1, 0.15) is 0 Å². The van der Waals surface area contributed by atoms with E-state index in [0.29, 0.717) is 5.92 Å². The predicted octanol–water partition coefficient (Wildman–Crippen LogP) is 4.53. The van der Waals surface area contributed by atoms with Crippen LogP contribution in [0.4, 0.5) is 0 Å². The van der Waals surface area contributed by atoms with Crippen molar-refractivity contribution in [2.75, 3.05) is 0 Å². The van der Waals surface area contributed by atoms with Crippen LogP contribution in [0.2, 0.25) is 0 Å². The van der Waals surface area contributed by atoms with Crippen molar-refractivity contribution in [2.45, 2.75) is 60.3 Å². The summed E-state index contributed by atoms with van der Waals surface area (Å²) in [6.45, 7) is 10.5. The highest BCUT2D eigenvalue weighted by molar-refractivity contribution is 4.99. The van der Waals surface area contributed by atoms with Crippen molar-refractivity contribution in [3.05, 3.63) is 0 Å². The van der Waals surface area contributed by atoms with Crippen LogP contribution in [0.3, 0.4) is 0 Å². The second kappa shape index (κ2) is 7.33. The van der Waals surface area contributed by atoms with Crippen LogP contribution in [0.5, 0.6) is 0 Å². The van der Waals surface area contributed by atoms with Crippen LogP contribution in [0.15, 0.2) is 0 Å². The predicted molar refractivity (Wildman–Crippen MR) is 71.0 cm³/mol. The zero-order chi connectivity index (χ0) is 13.5. The highest BCUT2D eigenvalue weighted by atomic mass is 14.4. The smallest absolute Gasteiger partial charge is 0.0658 e. The van der Waals surface area contributed by atoms with Crippen molar-refractivity contribution in [1.82, 2.24) is 0 Å². The van der Waals surface area contributed by atoms with Crippen molar-refractivity contribution in [1.29, 1.82) is 10.5 Å². The van der Waals surface area contributed by atoms with E-state index in [1.165, 1.54) is 0 Å². The number of hydrogen-bond donors (Lipinski definition) is 0. The number of rotatable bonds is 7. The molecule has 0 aromatic rings. The normalized spacial score (nSPS) is 16.6. The Bertz CT molecular complexity index is 291. The van der Waals surface area contributed by atoms with E-state index in [0.717, 1.165) is 25.7 Å².